The lowest BCUT2D eigenvalue weighted by atomic mass is 9.98. The van der Waals surface area contributed by atoms with Gasteiger partial charge < -0.3 is 9.80 Å². The summed E-state index contributed by atoms with van der Waals surface area (Å²) < 4.78 is 0. The van der Waals surface area contributed by atoms with Crippen molar-refractivity contribution in [3.8, 4) is 0 Å². The molecule has 0 spiro atoms. The fraction of sp³-hybridized carbons (Fsp3) is 0.889. The first kappa shape index (κ1) is 11.0. The van der Waals surface area contributed by atoms with E-state index in [1.165, 1.54) is 19.4 Å². The van der Waals surface area contributed by atoms with E-state index in [1.807, 2.05) is 7.05 Å². The van der Waals surface area contributed by atoms with Gasteiger partial charge in [-0.1, -0.05) is 0 Å². The van der Waals surface area contributed by atoms with Gasteiger partial charge in [-0.25, -0.2) is 0 Å². The third kappa shape index (κ3) is 3.65. The number of hydrogen-bond acceptors (Lipinski definition) is 2. The van der Waals surface area contributed by atoms with E-state index >= 15 is 0 Å². The van der Waals surface area contributed by atoms with Crippen LogP contribution in [-0.4, -0.2) is 48.3 Å². The monoisotopic (exact) mass is 248 g/mol. The fourth-order valence-electron chi connectivity index (χ4n) is 1.88. The summed E-state index contributed by atoms with van der Waals surface area (Å²) in [5.74, 6) is 0.644. The average Bonchev–Trinajstić information content (AvgIpc) is 2.04. The molecule has 0 radical (unpaired) electrons. The Kier molecular flexibility index (Phi) is 4.19. The molecule has 1 fully saturated rings. The molecule has 1 heterocycles. The lowest BCUT2D eigenvalue weighted by Gasteiger charge is -2.31. The van der Waals surface area contributed by atoms with Crippen molar-refractivity contribution in [1.29, 1.82) is 0 Å². The number of rotatable bonds is 2. The highest BCUT2D eigenvalue weighted by molar-refractivity contribution is 9.18. The Hall–Kier alpha value is -0.0900. The number of likely N-dealkylation sites (tertiary alicyclic amines) is 1. The minimum absolute atomic E-state index is 0.0132. The van der Waals surface area contributed by atoms with Gasteiger partial charge in [0.1, 0.15) is 0 Å². The Balaban J connectivity index is 2.31. The molecule has 4 heteroatoms. The highest BCUT2D eigenvalue weighted by atomic mass is 79.9. The highest BCUT2D eigenvalue weighted by Crippen LogP contribution is 2.16. The van der Waals surface area contributed by atoms with E-state index in [-0.39, 0.29) is 4.82 Å². The molecule has 1 saturated heterocycles. The molecule has 1 aliphatic heterocycles. The first-order chi connectivity index (χ1) is 6.09. The SMILES string of the molecule is CN1CCCC(CN(C)C(=O)Br)C1. The maximum atomic E-state index is 10.9. The fourth-order valence-corrected chi connectivity index (χ4v) is 2.03. The molecular formula is C9H17BrN2O. The molecule has 0 aromatic heterocycles. The summed E-state index contributed by atoms with van der Waals surface area (Å²) in [7, 11) is 3.98. The number of hydrogen-bond donors (Lipinski definition) is 0. The van der Waals surface area contributed by atoms with Gasteiger partial charge in [0, 0.05) is 36.1 Å². The van der Waals surface area contributed by atoms with Crippen LogP contribution in [0.4, 0.5) is 4.79 Å². The van der Waals surface area contributed by atoms with Gasteiger partial charge in [0.05, 0.1) is 0 Å². The number of amides is 1. The maximum absolute atomic E-state index is 10.9. The van der Waals surface area contributed by atoms with Crippen LogP contribution in [0.3, 0.4) is 0 Å². The molecule has 0 N–H and O–H groups in total. The molecule has 0 aromatic carbocycles. The molecule has 1 atom stereocenters. The summed E-state index contributed by atoms with van der Waals surface area (Å²) in [5.41, 5.74) is 0. The molecule has 0 saturated carbocycles. The van der Waals surface area contributed by atoms with Crippen molar-refractivity contribution in [3.05, 3.63) is 0 Å². The molecule has 1 rings (SSSR count). The summed E-state index contributed by atoms with van der Waals surface area (Å²) in [6, 6.07) is 0. The van der Waals surface area contributed by atoms with Crippen LogP contribution >= 0.6 is 15.9 Å². The number of nitrogens with zero attached hydrogens (tertiary/aromatic N) is 2. The van der Waals surface area contributed by atoms with Crippen LogP contribution in [-0.2, 0) is 0 Å². The molecule has 1 unspecified atom stereocenters. The Morgan fingerprint density at radius 3 is 2.92 bits per heavy atom. The second-order valence-electron chi connectivity index (χ2n) is 3.90. The second-order valence-corrected chi connectivity index (χ2v) is 4.58. The molecule has 13 heavy (non-hydrogen) atoms. The van der Waals surface area contributed by atoms with E-state index in [1.54, 1.807) is 4.90 Å². The summed E-state index contributed by atoms with van der Waals surface area (Å²) in [6.07, 6.45) is 2.50. The zero-order valence-corrected chi connectivity index (χ0v) is 9.88. The van der Waals surface area contributed by atoms with Gasteiger partial charge in [0.25, 0.3) is 4.82 Å². The Morgan fingerprint density at radius 2 is 2.38 bits per heavy atom. The van der Waals surface area contributed by atoms with Gasteiger partial charge in [0.15, 0.2) is 0 Å². The van der Waals surface area contributed by atoms with E-state index in [2.05, 4.69) is 27.9 Å². The van der Waals surface area contributed by atoms with E-state index in [0.717, 1.165) is 13.1 Å². The van der Waals surface area contributed by atoms with Crippen LogP contribution in [0.5, 0.6) is 0 Å². The Labute approximate surface area is 88.2 Å². The van der Waals surface area contributed by atoms with Crippen LogP contribution in [0.25, 0.3) is 0 Å². The maximum Gasteiger partial charge on any atom is 0.289 e. The molecule has 1 aliphatic rings. The summed E-state index contributed by atoms with van der Waals surface area (Å²) in [5, 5.41) is 0. The standard InChI is InChI=1S/C9H17BrN2O/c1-11-5-3-4-8(6-11)7-12(2)9(10)13/h8H,3-7H2,1-2H3. The smallest absolute Gasteiger partial charge is 0.289 e. The van der Waals surface area contributed by atoms with Crippen LogP contribution in [0, 0.1) is 5.92 Å². The Bertz CT molecular complexity index is 186. The van der Waals surface area contributed by atoms with Crippen LogP contribution < -0.4 is 0 Å². The van der Waals surface area contributed by atoms with Crippen LogP contribution in [0.15, 0.2) is 0 Å². The van der Waals surface area contributed by atoms with E-state index in [0.29, 0.717) is 5.92 Å². The third-order valence-corrected chi connectivity index (χ3v) is 3.16. The van der Waals surface area contributed by atoms with Crippen molar-refractivity contribution in [1.82, 2.24) is 9.80 Å². The minimum Gasteiger partial charge on any atom is -0.336 e. The van der Waals surface area contributed by atoms with Gasteiger partial charge >= 0.3 is 0 Å². The molecule has 76 valence electrons. The number of carbonyl (C=O) groups is 1. The first-order valence-electron chi connectivity index (χ1n) is 4.68. The Morgan fingerprint density at radius 1 is 1.69 bits per heavy atom. The van der Waals surface area contributed by atoms with Crippen molar-refractivity contribution in [2.75, 3.05) is 33.7 Å². The van der Waals surface area contributed by atoms with E-state index < -0.39 is 0 Å². The number of halogens is 1. The van der Waals surface area contributed by atoms with Gasteiger partial charge in [-0.15, -0.1) is 0 Å². The highest BCUT2D eigenvalue weighted by Gasteiger charge is 2.19. The first-order valence-corrected chi connectivity index (χ1v) is 5.48. The molecule has 1 amide bonds. The molecule has 0 aromatic rings. The van der Waals surface area contributed by atoms with E-state index in [4.69, 9.17) is 0 Å². The van der Waals surface area contributed by atoms with Crippen molar-refractivity contribution in [2.24, 2.45) is 5.92 Å². The molecular weight excluding hydrogens is 232 g/mol. The molecule has 0 bridgehead atoms. The molecule has 3 nitrogen and oxygen atoms in total. The summed E-state index contributed by atoms with van der Waals surface area (Å²) >= 11 is 2.96. The van der Waals surface area contributed by atoms with Crippen molar-refractivity contribution < 1.29 is 4.79 Å². The van der Waals surface area contributed by atoms with Crippen LogP contribution in [0.1, 0.15) is 12.8 Å². The third-order valence-electron chi connectivity index (χ3n) is 2.55. The largest absolute Gasteiger partial charge is 0.336 e. The number of carbonyl (C=O) groups excluding carboxylic acids is 1. The lowest BCUT2D eigenvalue weighted by Crippen LogP contribution is -2.38. The van der Waals surface area contributed by atoms with Crippen molar-refractivity contribution >= 4 is 20.7 Å². The van der Waals surface area contributed by atoms with Gasteiger partial charge in [-0.05, 0) is 32.4 Å². The summed E-state index contributed by atoms with van der Waals surface area (Å²) in [4.78, 5) is 15.0. The topological polar surface area (TPSA) is 23.6 Å². The van der Waals surface area contributed by atoms with Crippen molar-refractivity contribution in [3.63, 3.8) is 0 Å². The van der Waals surface area contributed by atoms with Gasteiger partial charge in [-0.2, -0.15) is 0 Å². The zero-order valence-electron chi connectivity index (χ0n) is 8.29. The van der Waals surface area contributed by atoms with Crippen LogP contribution in [0.2, 0.25) is 0 Å². The quantitative estimate of drug-likeness (QED) is 0.550. The lowest BCUT2D eigenvalue weighted by molar-refractivity contribution is 0.175. The minimum atomic E-state index is -0.0132. The van der Waals surface area contributed by atoms with E-state index in [9.17, 15) is 4.79 Å². The summed E-state index contributed by atoms with van der Waals surface area (Å²) in [6.45, 7) is 3.18. The second kappa shape index (κ2) is 4.96. The van der Waals surface area contributed by atoms with Crippen molar-refractivity contribution in [2.45, 2.75) is 12.8 Å². The predicted molar refractivity (Wildman–Crippen MR) is 57.2 cm³/mol. The predicted octanol–water partition coefficient (Wildman–Crippen LogP) is 1.77. The normalized spacial score (nSPS) is 24.4. The average molecular weight is 249 g/mol. The molecule has 0 aliphatic carbocycles. The van der Waals surface area contributed by atoms with Gasteiger partial charge in [0.2, 0.25) is 0 Å². The number of piperidine rings is 1. The zero-order chi connectivity index (χ0) is 9.84. The van der Waals surface area contributed by atoms with Gasteiger partial charge in [-0.3, -0.25) is 4.79 Å².